The van der Waals surface area contributed by atoms with Crippen molar-refractivity contribution in [2.45, 2.75) is 26.7 Å². The predicted octanol–water partition coefficient (Wildman–Crippen LogP) is 5.80. The van der Waals surface area contributed by atoms with Crippen molar-refractivity contribution >= 4 is 27.9 Å². The van der Waals surface area contributed by atoms with Crippen LogP contribution in [0.25, 0.3) is 16.2 Å². The molecule has 0 saturated heterocycles. The molecule has 5 nitrogen and oxygen atoms in total. The van der Waals surface area contributed by atoms with E-state index in [4.69, 9.17) is 4.74 Å². The van der Waals surface area contributed by atoms with Gasteiger partial charge in [-0.15, -0.1) is 11.3 Å². The number of amides is 1. The zero-order chi connectivity index (χ0) is 20.2. The van der Waals surface area contributed by atoms with Crippen molar-refractivity contribution in [3.05, 3.63) is 71.4 Å². The molecule has 0 aliphatic carbocycles. The Morgan fingerprint density at radius 1 is 1.14 bits per heavy atom. The first-order valence-electron chi connectivity index (χ1n) is 9.72. The van der Waals surface area contributed by atoms with E-state index in [1.165, 1.54) is 5.69 Å². The van der Waals surface area contributed by atoms with Gasteiger partial charge in [-0.05, 0) is 49.7 Å². The van der Waals surface area contributed by atoms with Gasteiger partial charge in [0, 0.05) is 34.1 Å². The Bertz CT molecular complexity index is 1110. The van der Waals surface area contributed by atoms with E-state index >= 15 is 0 Å². The van der Waals surface area contributed by atoms with E-state index in [2.05, 4.69) is 33.9 Å². The predicted molar refractivity (Wildman–Crippen MR) is 118 cm³/mol. The van der Waals surface area contributed by atoms with Gasteiger partial charge >= 0.3 is 0 Å². The molecule has 0 saturated carbocycles. The number of aryl methyl sites for hydroxylation is 1. The lowest BCUT2D eigenvalue weighted by Gasteiger charge is -2.08. The molecule has 2 heterocycles. The summed E-state index contributed by atoms with van der Waals surface area (Å²) in [6, 6.07) is 15.0. The number of hydrogen-bond donors (Lipinski definition) is 1. The minimum atomic E-state index is -0.143. The monoisotopic (exact) mass is 405 g/mol. The Morgan fingerprint density at radius 2 is 1.90 bits per heavy atom. The first-order valence-corrected chi connectivity index (χ1v) is 10.6. The molecule has 1 amide bonds. The van der Waals surface area contributed by atoms with Gasteiger partial charge in [-0.1, -0.05) is 25.5 Å². The van der Waals surface area contributed by atoms with E-state index in [1.807, 2.05) is 42.6 Å². The number of nitrogens with one attached hydrogen (secondary N) is 1. The molecular formula is C23H23N3O2S. The average molecular weight is 406 g/mol. The van der Waals surface area contributed by atoms with Crippen molar-refractivity contribution < 1.29 is 9.53 Å². The van der Waals surface area contributed by atoms with Crippen molar-refractivity contribution in [3.8, 4) is 17.0 Å². The third-order valence-corrected chi connectivity index (χ3v) is 5.67. The highest BCUT2D eigenvalue weighted by molar-refractivity contribution is 7.15. The quantitative estimate of drug-likeness (QED) is 0.395. The Hall–Kier alpha value is -3.12. The minimum Gasteiger partial charge on any atom is -0.494 e. The summed E-state index contributed by atoms with van der Waals surface area (Å²) in [4.78, 5) is 18.1. The fraction of sp³-hybridized carbons (Fsp3) is 0.217. The number of fused-ring (bicyclic) bond motifs is 1. The van der Waals surface area contributed by atoms with Gasteiger partial charge < -0.3 is 10.1 Å². The lowest BCUT2D eigenvalue weighted by Crippen LogP contribution is -2.11. The van der Waals surface area contributed by atoms with E-state index in [9.17, 15) is 4.79 Å². The second kappa shape index (κ2) is 8.49. The van der Waals surface area contributed by atoms with E-state index in [1.54, 1.807) is 23.5 Å². The Labute approximate surface area is 174 Å². The van der Waals surface area contributed by atoms with Gasteiger partial charge in [0.25, 0.3) is 5.91 Å². The lowest BCUT2D eigenvalue weighted by atomic mass is 10.1. The number of aromatic nitrogens is 2. The highest BCUT2D eigenvalue weighted by Crippen LogP contribution is 2.25. The smallest absolute Gasteiger partial charge is 0.255 e. The lowest BCUT2D eigenvalue weighted by molar-refractivity contribution is 0.102. The zero-order valence-electron chi connectivity index (χ0n) is 16.5. The van der Waals surface area contributed by atoms with Gasteiger partial charge in [0.05, 0.1) is 12.3 Å². The maximum atomic E-state index is 12.5. The van der Waals surface area contributed by atoms with Crippen LogP contribution in [-0.2, 0) is 0 Å². The largest absolute Gasteiger partial charge is 0.494 e. The molecule has 0 aliphatic heterocycles. The van der Waals surface area contributed by atoms with Crippen LogP contribution in [0.4, 0.5) is 5.69 Å². The van der Waals surface area contributed by atoms with E-state index < -0.39 is 0 Å². The second-order valence-corrected chi connectivity index (χ2v) is 7.75. The summed E-state index contributed by atoms with van der Waals surface area (Å²) in [5, 5.41) is 5.03. The SMILES string of the molecule is CCCCOc1ccc(C(=O)Nc2ccc(-c3cn4c(C)csc4n3)cc2)cc1. The highest BCUT2D eigenvalue weighted by atomic mass is 32.1. The molecule has 0 aliphatic rings. The molecule has 148 valence electrons. The van der Waals surface area contributed by atoms with Crippen LogP contribution < -0.4 is 10.1 Å². The maximum absolute atomic E-state index is 12.5. The third kappa shape index (κ3) is 4.32. The van der Waals surface area contributed by atoms with Crippen LogP contribution in [0, 0.1) is 6.92 Å². The van der Waals surface area contributed by atoms with Crippen molar-refractivity contribution in [1.82, 2.24) is 9.38 Å². The molecule has 4 rings (SSSR count). The molecule has 0 spiro atoms. The van der Waals surface area contributed by atoms with E-state index in [0.29, 0.717) is 12.2 Å². The summed E-state index contributed by atoms with van der Waals surface area (Å²) in [5.41, 5.74) is 4.47. The molecule has 4 aromatic rings. The Kier molecular flexibility index (Phi) is 5.62. The van der Waals surface area contributed by atoms with Crippen molar-refractivity contribution in [2.75, 3.05) is 11.9 Å². The molecule has 0 fully saturated rings. The van der Waals surface area contributed by atoms with Crippen molar-refractivity contribution in [1.29, 1.82) is 0 Å². The van der Waals surface area contributed by atoms with Crippen LogP contribution in [0.15, 0.2) is 60.1 Å². The summed E-state index contributed by atoms with van der Waals surface area (Å²) in [6.45, 7) is 4.89. The summed E-state index contributed by atoms with van der Waals surface area (Å²) in [7, 11) is 0. The van der Waals surface area contributed by atoms with Gasteiger partial charge in [0.2, 0.25) is 0 Å². The molecule has 6 heteroatoms. The number of imidazole rings is 1. The van der Waals surface area contributed by atoms with Gasteiger partial charge in [-0.2, -0.15) is 0 Å². The fourth-order valence-corrected chi connectivity index (χ4v) is 3.85. The minimum absolute atomic E-state index is 0.143. The van der Waals surface area contributed by atoms with Gasteiger partial charge in [-0.3, -0.25) is 9.20 Å². The molecule has 0 radical (unpaired) electrons. The van der Waals surface area contributed by atoms with Crippen LogP contribution in [0.5, 0.6) is 5.75 Å². The number of anilines is 1. The number of carbonyl (C=O) groups is 1. The fourth-order valence-electron chi connectivity index (χ4n) is 3.00. The number of hydrogen-bond acceptors (Lipinski definition) is 4. The standard InChI is InChI=1S/C23H23N3O2S/c1-3-4-13-28-20-11-7-18(8-12-20)22(27)24-19-9-5-17(6-10-19)21-14-26-16(2)15-29-23(26)25-21/h5-12,14-15H,3-4,13H2,1-2H3,(H,24,27). The number of thiazole rings is 1. The summed E-state index contributed by atoms with van der Waals surface area (Å²) < 4.78 is 7.73. The number of benzene rings is 2. The van der Waals surface area contributed by atoms with Crippen LogP contribution in [0.1, 0.15) is 35.8 Å². The molecule has 0 bridgehead atoms. The van der Waals surface area contributed by atoms with Crippen LogP contribution in [0.2, 0.25) is 0 Å². The normalized spacial score (nSPS) is 11.0. The summed E-state index contributed by atoms with van der Waals surface area (Å²) >= 11 is 1.63. The van der Waals surface area contributed by atoms with Gasteiger partial charge in [0.15, 0.2) is 4.96 Å². The number of unbranched alkanes of at least 4 members (excludes halogenated alkanes) is 1. The van der Waals surface area contributed by atoms with Gasteiger partial charge in [0.1, 0.15) is 5.75 Å². The molecule has 29 heavy (non-hydrogen) atoms. The third-order valence-electron chi connectivity index (χ3n) is 4.71. The summed E-state index contributed by atoms with van der Waals surface area (Å²) in [6.07, 6.45) is 4.16. The van der Waals surface area contributed by atoms with Crippen LogP contribution in [-0.4, -0.2) is 21.9 Å². The Balaban J connectivity index is 1.40. The topological polar surface area (TPSA) is 55.6 Å². The Morgan fingerprint density at radius 3 is 2.59 bits per heavy atom. The van der Waals surface area contributed by atoms with Crippen molar-refractivity contribution in [3.63, 3.8) is 0 Å². The first-order chi connectivity index (χ1) is 14.1. The first kappa shape index (κ1) is 19.2. The van der Waals surface area contributed by atoms with E-state index in [-0.39, 0.29) is 5.91 Å². The average Bonchev–Trinajstić information content (AvgIpc) is 3.31. The van der Waals surface area contributed by atoms with Gasteiger partial charge in [-0.25, -0.2) is 4.98 Å². The highest BCUT2D eigenvalue weighted by Gasteiger charge is 2.09. The van der Waals surface area contributed by atoms with E-state index in [0.717, 1.165) is 40.5 Å². The number of rotatable bonds is 7. The molecule has 0 atom stereocenters. The molecular weight excluding hydrogens is 382 g/mol. The summed E-state index contributed by atoms with van der Waals surface area (Å²) in [5.74, 6) is 0.644. The molecule has 0 unspecified atom stereocenters. The van der Waals surface area contributed by atoms with Crippen LogP contribution >= 0.6 is 11.3 Å². The van der Waals surface area contributed by atoms with Crippen molar-refractivity contribution in [2.24, 2.45) is 0 Å². The van der Waals surface area contributed by atoms with Crippen LogP contribution in [0.3, 0.4) is 0 Å². The number of nitrogens with zero attached hydrogens (tertiary/aromatic N) is 2. The second-order valence-electron chi connectivity index (χ2n) is 6.91. The zero-order valence-corrected chi connectivity index (χ0v) is 17.3. The number of ether oxygens (including phenoxy) is 1. The molecule has 1 N–H and O–H groups in total. The number of carbonyl (C=O) groups excluding carboxylic acids is 1. The molecule has 2 aromatic carbocycles. The molecule has 2 aromatic heterocycles. The maximum Gasteiger partial charge on any atom is 0.255 e.